The van der Waals surface area contributed by atoms with Gasteiger partial charge in [-0.25, -0.2) is 13.4 Å². The Morgan fingerprint density at radius 3 is 2.71 bits per heavy atom. The molecule has 17 heavy (non-hydrogen) atoms. The van der Waals surface area contributed by atoms with Crippen LogP contribution in [0.25, 0.3) is 0 Å². The largest absolute Gasteiger partial charge is 0.468 e. The Kier molecular flexibility index (Phi) is 4.47. The third-order valence-electron chi connectivity index (χ3n) is 1.85. The predicted octanol–water partition coefficient (Wildman–Crippen LogP) is 1.07. The summed E-state index contributed by atoms with van der Waals surface area (Å²) in [5.74, 6) is -1.54. The summed E-state index contributed by atoms with van der Waals surface area (Å²) in [5, 5.41) is 0. The number of esters is 1. The zero-order chi connectivity index (χ0) is 13.1. The Hall–Kier alpha value is -1.15. The van der Waals surface area contributed by atoms with E-state index in [-0.39, 0.29) is 0 Å². The Morgan fingerprint density at radius 1 is 1.53 bits per heavy atom. The van der Waals surface area contributed by atoms with E-state index < -0.39 is 21.7 Å². The molecule has 0 bridgehead atoms. The molecular weight excluding hydrogens is 312 g/mol. The first-order chi connectivity index (χ1) is 7.84. The maximum atomic E-state index is 11.6. The standard InChI is InChI=1S/C9H11BrN2O4S/c1-6-7(3-4-8(10)11-6)12-17(14,15)5-9(13)16-2/h3-4,12H,5H2,1-2H3. The van der Waals surface area contributed by atoms with E-state index in [1.165, 1.54) is 0 Å². The molecule has 1 N–H and O–H groups in total. The van der Waals surface area contributed by atoms with E-state index in [1.54, 1.807) is 19.1 Å². The number of nitrogens with zero attached hydrogens (tertiary/aromatic N) is 1. The highest BCUT2D eigenvalue weighted by molar-refractivity contribution is 9.10. The molecule has 0 unspecified atom stereocenters. The highest BCUT2D eigenvalue weighted by Gasteiger charge is 2.17. The molecule has 0 saturated carbocycles. The van der Waals surface area contributed by atoms with E-state index in [9.17, 15) is 13.2 Å². The molecule has 1 rings (SSSR count). The van der Waals surface area contributed by atoms with Crippen LogP contribution >= 0.6 is 15.9 Å². The maximum absolute atomic E-state index is 11.6. The minimum atomic E-state index is -3.76. The fraction of sp³-hybridized carbons (Fsp3) is 0.333. The lowest BCUT2D eigenvalue weighted by Gasteiger charge is -2.09. The molecule has 1 aromatic heterocycles. The Labute approximate surface area is 108 Å². The van der Waals surface area contributed by atoms with Crippen LogP contribution in [0.15, 0.2) is 16.7 Å². The van der Waals surface area contributed by atoms with Gasteiger partial charge >= 0.3 is 5.97 Å². The van der Waals surface area contributed by atoms with Gasteiger partial charge in [0.25, 0.3) is 0 Å². The molecular formula is C9H11BrN2O4S. The second-order valence-electron chi connectivity index (χ2n) is 3.20. The third-order valence-corrected chi connectivity index (χ3v) is 3.44. The van der Waals surface area contributed by atoms with E-state index in [4.69, 9.17) is 0 Å². The smallest absolute Gasteiger partial charge is 0.322 e. The zero-order valence-electron chi connectivity index (χ0n) is 9.23. The van der Waals surface area contributed by atoms with Crippen molar-refractivity contribution in [3.63, 3.8) is 0 Å². The van der Waals surface area contributed by atoms with Gasteiger partial charge in [0.2, 0.25) is 10.0 Å². The van der Waals surface area contributed by atoms with Crippen LogP contribution in [-0.4, -0.2) is 32.2 Å². The Morgan fingerprint density at radius 2 is 2.18 bits per heavy atom. The molecule has 0 aliphatic carbocycles. The lowest BCUT2D eigenvalue weighted by Crippen LogP contribution is -2.24. The molecule has 0 fully saturated rings. The molecule has 0 spiro atoms. The van der Waals surface area contributed by atoms with Crippen LogP contribution in [0.1, 0.15) is 5.69 Å². The van der Waals surface area contributed by atoms with Gasteiger partial charge in [0.15, 0.2) is 5.75 Å². The number of ether oxygens (including phenoxy) is 1. The summed E-state index contributed by atoms with van der Waals surface area (Å²) >= 11 is 3.16. The van der Waals surface area contributed by atoms with Crippen molar-refractivity contribution < 1.29 is 17.9 Å². The van der Waals surface area contributed by atoms with Gasteiger partial charge in [0.05, 0.1) is 18.5 Å². The van der Waals surface area contributed by atoms with Crippen LogP contribution in [0.4, 0.5) is 5.69 Å². The van der Waals surface area contributed by atoms with Crippen LogP contribution in [-0.2, 0) is 19.6 Å². The van der Waals surface area contributed by atoms with E-state index in [2.05, 4.69) is 30.4 Å². The molecule has 94 valence electrons. The lowest BCUT2D eigenvalue weighted by molar-refractivity contribution is -0.137. The van der Waals surface area contributed by atoms with Crippen LogP contribution < -0.4 is 4.72 Å². The molecule has 0 radical (unpaired) electrons. The monoisotopic (exact) mass is 322 g/mol. The van der Waals surface area contributed by atoms with Crippen LogP contribution in [0.5, 0.6) is 0 Å². The molecule has 0 aliphatic rings. The maximum Gasteiger partial charge on any atom is 0.322 e. The summed E-state index contributed by atoms with van der Waals surface area (Å²) in [6, 6.07) is 3.16. The molecule has 0 amide bonds. The Balaban J connectivity index is 2.87. The van der Waals surface area contributed by atoms with Gasteiger partial charge in [0, 0.05) is 0 Å². The van der Waals surface area contributed by atoms with Crippen molar-refractivity contribution in [2.24, 2.45) is 0 Å². The highest BCUT2D eigenvalue weighted by atomic mass is 79.9. The molecule has 8 heteroatoms. The number of pyridine rings is 1. The fourth-order valence-corrected chi connectivity index (χ4v) is 2.51. The average Bonchev–Trinajstić information content (AvgIpc) is 2.21. The van der Waals surface area contributed by atoms with Gasteiger partial charge in [-0.05, 0) is 35.0 Å². The molecule has 1 heterocycles. The number of aryl methyl sites for hydroxylation is 1. The molecule has 0 atom stereocenters. The Bertz CT molecular complexity index is 530. The van der Waals surface area contributed by atoms with E-state index in [0.29, 0.717) is 16.0 Å². The first-order valence-corrected chi connectivity index (χ1v) is 6.99. The first-order valence-electron chi connectivity index (χ1n) is 4.54. The topological polar surface area (TPSA) is 85.4 Å². The molecule has 0 aromatic carbocycles. The molecule has 6 nitrogen and oxygen atoms in total. The number of carbonyl (C=O) groups is 1. The van der Waals surface area contributed by atoms with Crippen molar-refractivity contribution in [1.29, 1.82) is 0 Å². The van der Waals surface area contributed by atoms with Gasteiger partial charge in [-0.15, -0.1) is 0 Å². The van der Waals surface area contributed by atoms with E-state index >= 15 is 0 Å². The summed E-state index contributed by atoms with van der Waals surface area (Å²) in [5.41, 5.74) is 0.838. The number of methoxy groups -OCH3 is 1. The number of halogens is 1. The summed E-state index contributed by atoms with van der Waals surface area (Å²) in [6.07, 6.45) is 0. The number of hydrogen-bond acceptors (Lipinski definition) is 5. The molecule has 0 aliphatic heterocycles. The summed E-state index contributed by atoms with van der Waals surface area (Å²) in [6.45, 7) is 1.65. The lowest BCUT2D eigenvalue weighted by atomic mass is 10.3. The minimum absolute atomic E-state index is 0.331. The number of hydrogen-bond donors (Lipinski definition) is 1. The van der Waals surface area contributed by atoms with Crippen LogP contribution in [0.2, 0.25) is 0 Å². The van der Waals surface area contributed by atoms with Gasteiger partial charge in [-0.3, -0.25) is 9.52 Å². The van der Waals surface area contributed by atoms with Crippen LogP contribution in [0.3, 0.4) is 0 Å². The number of anilines is 1. The SMILES string of the molecule is COC(=O)CS(=O)(=O)Nc1ccc(Br)nc1C. The number of nitrogens with one attached hydrogen (secondary N) is 1. The summed E-state index contributed by atoms with van der Waals surface area (Å²) < 4.78 is 30.3. The van der Waals surface area contributed by atoms with Crippen molar-refractivity contribution in [3.8, 4) is 0 Å². The quantitative estimate of drug-likeness (QED) is 0.662. The van der Waals surface area contributed by atoms with E-state index in [0.717, 1.165) is 7.11 Å². The number of rotatable bonds is 4. The van der Waals surface area contributed by atoms with Crippen LogP contribution in [0, 0.1) is 6.92 Å². The number of carbonyl (C=O) groups excluding carboxylic acids is 1. The predicted molar refractivity (Wildman–Crippen MR) is 66.1 cm³/mol. The second kappa shape index (κ2) is 5.46. The molecule has 1 aromatic rings. The van der Waals surface area contributed by atoms with Crippen molar-refractivity contribution in [3.05, 3.63) is 22.4 Å². The first kappa shape index (κ1) is 13.9. The second-order valence-corrected chi connectivity index (χ2v) is 5.74. The fourth-order valence-electron chi connectivity index (χ4n) is 1.06. The number of sulfonamides is 1. The van der Waals surface area contributed by atoms with E-state index in [1.807, 2.05) is 0 Å². The van der Waals surface area contributed by atoms with Crippen molar-refractivity contribution in [2.45, 2.75) is 6.92 Å². The normalized spacial score (nSPS) is 11.0. The summed E-state index contributed by atoms with van der Waals surface area (Å²) in [4.78, 5) is 14.9. The van der Waals surface area contributed by atoms with Gasteiger partial charge in [0.1, 0.15) is 4.60 Å². The summed E-state index contributed by atoms with van der Waals surface area (Å²) in [7, 11) is -2.63. The van der Waals surface area contributed by atoms with Gasteiger partial charge < -0.3 is 4.74 Å². The zero-order valence-corrected chi connectivity index (χ0v) is 11.6. The van der Waals surface area contributed by atoms with Crippen molar-refractivity contribution >= 4 is 37.6 Å². The van der Waals surface area contributed by atoms with Crippen molar-refractivity contribution in [1.82, 2.24) is 4.98 Å². The third kappa shape index (κ3) is 4.31. The molecule has 0 saturated heterocycles. The van der Waals surface area contributed by atoms with Gasteiger partial charge in [-0.1, -0.05) is 0 Å². The minimum Gasteiger partial charge on any atom is -0.468 e. The average molecular weight is 323 g/mol. The highest BCUT2D eigenvalue weighted by Crippen LogP contribution is 2.17. The van der Waals surface area contributed by atoms with Crippen molar-refractivity contribution in [2.75, 3.05) is 17.6 Å². The number of aromatic nitrogens is 1. The van der Waals surface area contributed by atoms with Gasteiger partial charge in [-0.2, -0.15) is 0 Å².